The minimum absolute atomic E-state index is 0.0160. The Bertz CT molecular complexity index is 923. The van der Waals surface area contributed by atoms with E-state index < -0.39 is 24.2 Å². The number of carbonyl (C=O) groups is 1. The lowest BCUT2D eigenvalue weighted by Crippen LogP contribution is -2.38. The Morgan fingerprint density at radius 2 is 1.97 bits per heavy atom. The average Bonchev–Trinajstić information content (AvgIpc) is 3.21. The maximum Gasteiger partial charge on any atom is 0.410 e. The summed E-state index contributed by atoms with van der Waals surface area (Å²) in [6, 6.07) is 6.49. The normalized spacial score (nSPS) is 21.6. The number of benzene rings is 1. The van der Waals surface area contributed by atoms with Gasteiger partial charge in [-0.1, -0.05) is 29.8 Å². The van der Waals surface area contributed by atoms with Crippen LogP contribution in [-0.2, 0) is 4.74 Å². The van der Waals surface area contributed by atoms with Crippen molar-refractivity contribution in [2.24, 2.45) is 0 Å². The number of rotatable bonds is 6. The third-order valence-electron chi connectivity index (χ3n) is 5.94. The van der Waals surface area contributed by atoms with E-state index >= 15 is 0 Å². The van der Waals surface area contributed by atoms with E-state index in [1.165, 1.54) is 6.07 Å². The predicted octanol–water partition coefficient (Wildman–Crippen LogP) is 3.30. The van der Waals surface area contributed by atoms with Crippen molar-refractivity contribution in [2.75, 3.05) is 44.7 Å². The Morgan fingerprint density at radius 3 is 2.66 bits per heavy atom. The molecule has 0 aliphatic carbocycles. The second-order valence-corrected chi connectivity index (χ2v) is 8.32. The van der Waals surface area contributed by atoms with Gasteiger partial charge in [0.1, 0.15) is 5.82 Å². The highest BCUT2D eigenvalue weighted by atomic mass is 19.4. The Morgan fingerprint density at radius 1 is 1.25 bits per heavy atom. The number of fused-ring (bicyclic) bond motifs is 1. The van der Waals surface area contributed by atoms with E-state index in [1.807, 2.05) is 31.2 Å². The number of hydrogen-bond acceptors (Lipinski definition) is 5. The molecule has 2 aromatic rings. The number of amides is 1. The van der Waals surface area contributed by atoms with Gasteiger partial charge in [-0.05, 0) is 25.5 Å². The van der Waals surface area contributed by atoms with Crippen LogP contribution in [0.4, 0.5) is 19.0 Å². The average molecular weight is 451 g/mol. The number of halogens is 3. The number of nitrogens with one attached hydrogen (secondary N) is 2. The molecule has 174 valence electrons. The molecular weight excluding hydrogens is 423 g/mol. The molecule has 10 heteroatoms. The molecule has 1 fully saturated rings. The van der Waals surface area contributed by atoms with E-state index in [4.69, 9.17) is 4.74 Å². The summed E-state index contributed by atoms with van der Waals surface area (Å²) in [6.45, 7) is 6.35. The van der Waals surface area contributed by atoms with E-state index in [0.29, 0.717) is 19.8 Å². The van der Waals surface area contributed by atoms with Crippen molar-refractivity contribution in [3.63, 3.8) is 0 Å². The molecule has 2 N–H and O–H groups in total. The van der Waals surface area contributed by atoms with Crippen molar-refractivity contribution in [2.45, 2.75) is 38.0 Å². The summed E-state index contributed by atoms with van der Waals surface area (Å²) in [4.78, 5) is 14.8. The predicted molar refractivity (Wildman–Crippen MR) is 114 cm³/mol. The van der Waals surface area contributed by atoms with Crippen LogP contribution in [0.3, 0.4) is 0 Å². The number of aryl methyl sites for hydroxylation is 1. The van der Waals surface area contributed by atoms with Crippen LogP contribution < -0.4 is 10.6 Å². The van der Waals surface area contributed by atoms with Crippen LogP contribution in [0.5, 0.6) is 0 Å². The largest absolute Gasteiger partial charge is 0.410 e. The summed E-state index contributed by atoms with van der Waals surface area (Å²) in [5, 5.41) is 9.90. The first-order valence-corrected chi connectivity index (χ1v) is 10.9. The first-order valence-electron chi connectivity index (χ1n) is 10.9. The second-order valence-electron chi connectivity index (χ2n) is 8.32. The standard InChI is InChI=1S/C22H28F3N5O2/c1-15-3-5-16(6-4-15)17-13-19(22(23,24)25)30-20(27-17)14-18(28-30)21(31)26-7-2-8-29-9-11-32-12-10-29/h3-6,14,17,19,27H,2,7-13H2,1H3,(H,26,31). The van der Waals surface area contributed by atoms with Gasteiger partial charge in [0.15, 0.2) is 11.7 Å². The summed E-state index contributed by atoms with van der Waals surface area (Å²) in [5.41, 5.74) is 1.79. The molecule has 0 radical (unpaired) electrons. The summed E-state index contributed by atoms with van der Waals surface area (Å²) >= 11 is 0. The topological polar surface area (TPSA) is 71.4 Å². The van der Waals surface area contributed by atoms with Crippen molar-refractivity contribution in [1.82, 2.24) is 20.0 Å². The van der Waals surface area contributed by atoms with Gasteiger partial charge in [0.25, 0.3) is 5.91 Å². The fourth-order valence-corrected chi connectivity index (χ4v) is 4.12. The zero-order valence-corrected chi connectivity index (χ0v) is 18.0. The van der Waals surface area contributed by atoms with E-state index in [9.17, 15) is 18.0 Å². The van der Waals surface area contributed by atoms with Crippen LogP contribution in [0.2, 0.25) is 0 Å². The van der Waals surface area contributed by atoms with Gasteiger partial charge in [-0.15, -0.1) is 0 Å². The molecule has 7 nitrogen and oxygen atoms in total. The van der Waals surface area contributed by atoms with E-state index in [1.54, 1.807) is 0 Å². The third kappa shape index (κ3) is 5.24. The molecule has 1 aromatic heterocycles. The number of nitrogens with zero attached hydrogens (tertiary/aromatic N) is 3. The molecule has 3 heterocycles. The maximum absolute atomic E-state index is 13.8. The molecule has 0 spiro atoms. The number of aromatic nitrogens is 2. The van der Waals surface area contributed by atoms with E-state index in [-0.39, 0.29) is 17.9 Å². The highest BCUT2D eigenvalue weighted by Gasteiger charge is 2.46. The summed E-state index contributed by atoms with van der Waals surface area (Å²) in [6.07, 6.45) is -3.92. The highest BCUT2D eigenvalue weighted by Crippen LogP contribution is 2.43. The molecule has 4 rings (SSSR count). The zero-order chi connectivity index (χ0) is 22.7. The first kappa shape index (κ1) is 22.6. The van der Waals surface area contributed by atoms with Crippen LogP contribution in [-0.4, -0.2) is 66.2 Å². The first-order chi connectivity index (χ1) is 15.3. The van der Waals surface area contributed by atoms with E-state index in [0.717, 1.165) is 41.9 Å². The van der Waals surface area contributed by atoms with Crippen LogP contribution >= 0.6 is 0 Å². The lowest BCUT2D eigenvalue weighted by molar-refractivity contribution is -0.173. The minimum Gasteiger partial charge on any atom is -0.379 e. The van der Waals surface area contributed by atoms with Gasteiger partial charge in [-0.25, -0.2) is 4.68 Å². The molecule has 0 bridgehead atoms. The summed E-state index contributed by atoms with van der Waals surface area (Å²) < 4.78 is 47.6. The number of carbonyl (C=O) groups excluding carboxylic acids is 1. The fraction of sp³-hybridized carbons (Fsp3) is 0.545. The van der Waals surface area contributed by atoms with E-state index in [2.05, 4.69) is 20.6 Å². The quantitative estimate of drug-likeness (QED) is 0.660. The summed E-state index contributed by atoms with van der Waals surface area (Å²) in [5.74, 6) is -0.272. The van der Waals surface area contributed by atoms with Gasteiger partial charge in [-0.3, -0.25) is 9.69 Å². The van der Waals surface area contributed by atoms with Crippen molar-refractivity contribution in [3.8, 4) is 0 Å². The smallest absolute Gasteiger partial charge is 0.379 e. The molecule has 2 aliphatic heterocycles. The van der Waals surface area contributed by atoms with Crippen LogP contribution in [0, 0.1) is 6.92 Å². The third-order valence-corrected chi connectivity index (χ3v) is 5.94. The number of morpholine rings is 1. The number of alkyl halides is 3. The van der Waals surface area contributed by atoms with Crippen LogP contribution in [0.25, 0.3) is 0 Å². The maximum atomic E-state index is 13.8. The van der Waals surface area contributed by atoms with Gasteiger partial charge in [0.05, 0.1) is 19.3 Å². The summed E-state index contributed by atoms with van der Waals surface area (Å²) in [7, 11) is 0. The molecule has 0 saturated carbocycles. The molecule has 2 atom stereocenters. The highest BCUT2D eigenvalue weighted by molar-refractivity contribution is 5.93. The van der Waals surface area contributed by atoms with Crippen LogP contribution in [0.15, 0.2) is 30.3 Å². The molecule has 1 amide bonds. The molecular formula is C22H28F3N5O2. The van der Waals surface area contributed by atoms with Gasteiger partial charge in [-0.2, -0.15) is 18.3 Å². The fourth-order valence-electron chi connectivity index (χ4n) is 4.12. The SMILES string of the molecule is Cc1ccc(C2CC(C(F)(F)F)n3nc(C(=O)NCCCN4CCOCC4)cc3N2)cc1. The Labute approximate surface area is 184 Å². The molecule has 32 heavy (non-hydrogen) atoms. The Balaban J connectivity index is 1.42. The van der Waals surface area contributed by atoms with Crippen molar-refractivity contribution in [3.05, 3.63) is 47.2 Å². The molecule has 2 unspecified atom stereocenters. The van der Waals surface area contributed by atoms with Gasteiger partial charge in [0, 0.05) is 32.1 Å². The molecule has 1 saturated heterocycles. The number of anilines is 1. The second kappa shape index (κ2) is 9.50. The Kier molecular flexibility index (Phi) is 6.71. The van der Waals surface area contributed by atoms with Gasteiger partial charge < -0.3 is 15.4 Å². The zero-order valence-electron chi connectivity index (χ0n) is 18.0. The molecule has 1 aromatic carbocycles. The lowest BCUT2D eigenvalue weighted by atomic mass is 9.96. The van der Waals surface area contributed by atoms with Crippen molar-refractivity contribution < 1.29 is 22.7 Å². The van der Waals surface area contributed by atoms with Crippen molar-refractivity contribution >= 4 is 11.7 Å². The number of hydrogen-bond donors (Lipinski definition) is 2. The molecule has 2 aliphatic rings. The Hall–Kier alpha value is -2.59. The lowest BCUT2D eigenvalue weighted by Gasteiger charge is -2.33. The number of ether oxygens (including phenoxy) is 1. The van der Waals surface area contributed by atoms with Crippen LogP contribution in [0.1, 0.15) is 46.5 Å². The van der Waals surface area contributed by atoms with Crippen molar-refractivity contribution in [1.29, 1.82) is 0 Å². The monoisotopic (exact) mass is 451 g/mol. The van der Waals surface area contributed by atoms with Gasteiger partial charge >= 0.3 is 6.18 Å². The minimum atomic E-state index is -4.47. The van der Waals surface area contributed by atoms with Gasteiger partial charge in [0.2, 0.25) is 0 Å².